The molecule has 0 aromatic carbocycles. The molecule has 2 rings (SSSR count). The molecule has 8 nitrogen and oxygen atoms in total. The van der Waals surface area contributed by atoms with Crippen LogP contribution in [0.3, 0.4) is 0 Å². The predicted molar refractivity (Wildman–Crippen MR) is 90.8 cm³/mol. The van der Waals surface area contributed by atoms with Gasteiger partial charge in [0.25, 0.3) is 0 Å². The fraction of sp³-hybridized carbons (Fsp3) is 0.750. The molecule has 0 aromatic rings. The van der Waals surface area contributed by atoms with E-state index >= 15 is 0 Å². The van der Waals surface area contributed by atoms with Crippen molar-refractivity contribution in [2.75, 3.05) is 0 Å². The Morgan fingerprint density at radius 2 is 1.76 bits per heavy atom. The van der Waals surface area contributed by atoms with Crippen LogP contribution in [-0.4, -0.2) is 55.6 Å². The lowest BCUT2D eigenvalue weighted by Gasteiger charge is -2.42. The summed E-state index contributed by atoms with van der Waals surface area (Å²) >= 11 is 1.05. The zero-order chi connectivity index (χ0) is 19.3. The number of aliphatic carboxylic acids is 1. The zero-order valence-electron chi connectivity index (χ0n) is 15.2. The first-order chi connectivity index (χ1) is 11.3. The molecule has 2 aliphatic rings. The van der Waals surface area contributed by atoms with Crippen LogP contribution in [-0.2, 0) is 19.1 Å². The molecule has 25 heavy (non-hydrogen) atoms. The summed E-state index contributed by atoms with van der Waals surface area (Å²) in [6.45, 7) is 9.65. The highest BCUT2D eigenvalue weighted by molar-refractivity contribution is 8.01. The van der Waals surface area contributed by atoms with Gasteiger partial charge in [-0.25, -0.2) is 14.5 Å². The second kappa shape index (κ2) is 6.19. The van der Waals surface area contributed by atoms with E-state index in [0.717, 1.165) is 16.7 Å². The van der Waals surface area contributed by atoms with Crippen LogP contribution in [0.1, 0.15) is 41.5 Å². The van der Waals surface area contributed by atoms with Crippen LogP contribution in [0.15, 0.2) is 0 Å². The minimum Gasteiger partial charge on any atom is -0.480 e. The Kier molecular flexibility index (Phi) is 4.84. The average molecular weight is 372 g/mol. The quantitative estimate of drug-likeness (QED) is 0.721. The highest BCUT2D eigenvalue weighted by Gasteiger charge is 2.58. The number of rotatable bonds is 3. The summed E-state index contributed by atoms with van der Waals surface area (Å²) in [6.07, 6.45) is 0. The molecule has 0 bridgehead atoms. The lowest BCUT2D eigenvalue weighted by molar-refractivity contribution is -0.171. The van der Waals surface area contributed by atoms with Crippen LogP contribution >= 0.6 is 11.8 Å². The molecule has 4 unspecified atom stereocenters. The summed E-state index contributed by atoms with van der Waals surface area (Å²) in [5, 5.41) is 10.6. The molecule has 3 amide bonds. The van der Waals surface area contributed by atoms with Crippen molar-refractivity contribution < 1.29 is 29.0 Å². The number of ether oxygens (including phenoxy) is 1. The molecule has 140 valence electrons. The van der Waals surface area contributed by atoms with E-state index in [1.54, 1.807) is 27.7 Å². The molecule has 0 radical (unpaired) electrons. The Morgan fingerprint density at radius 1 is 1.20 bits per heavy atom. The van der Waals surface area contributed by atoms with Crippen molar-refractivity contribution >= 4 is 35.6 Å². The Labute approximate surface area is 150 Å². The first-order valence-electron chi connectivity index (χ1n) is 8.03. The number of carbonyl (C=O) groups is 4. The number of nitrogens with one attached hydrogen (secondary N) is 1. The summed E-state index contributed by atoms with van der Waals surface area (Å²) < 4.78 is 5.34. The lowest BCUT2D eigenvalue weighted by Crippen LogP contribution is -2.67. The predicted octanol–water partition coefficient (Wildman–Crippen LogP) is 1.44. The molecule has 0 aromatic heterocycles. The summed E-state index contributed by atoms with van der Waals surface area (Å²) in [5.74, 6) is -3.45. The number of imide groups is 1. The largest absolute Gasteiger partial charge is 0.480 e. The maximum absolute atomic E-state index is 13.0. The molecule has 0 aliphatic carbocycles. The van der Waals surface area contributed by atoms with Gasteiger partial charge in [0.15, 0.2) is 0 Å². The van der Waals surface area contributed by atoms with Crippen molar-refractivity contribution in [3.63, 3.8) is 0 Å². The van der Waals surface area contributed by atoms with Gasteiger partial charge in [-0.3, -0.25) is 9.59 Å². The normalized spacial score (nSPS) is 29.9. The van der Waals surface area contributed by atoms with Crippen LogP contribution in [0, 0.1) is 11.8 Å². The van der Waals surface area contributed by atoms with Gasteiger partial charge < -0.3 is 15.2 Å². The molecule has 0 saturated carbocycles. The number of nitrogens with zero attached hydrogens (tertiary/aromatic N) is 1. The van der Waals surface area contributed by atoms with Crippen molar-refractivity contribution in [1.82, 2.24) is 10.2 Å². The van der Waals surface area contributed by atoms with Crippen LogP contribution < -0.4 is 5.32 Å². The molecule has 2 fully saturated rings. The van der Waals surface area contributed by atoms with E-state index in [1.165, 1.54) is 13.8 Å². The molecule has 2 N–H and O–H groups in total. The van der Waals surface area contributed by atoms with E-state index < -0.39 is 57.5 Å². The Morgan fingerprint density at radius 3 is 2.24 bits per heavy atom. The van der Waals surface area contributed by atoms with Gasteiger partial charge in [0.05, 0.1) is 11.3 Å². The van der Waals surface area contributed by atoms with Gasteiger partial charge in [-0.1, -0.05) is 6.92 Å². The van der Waals surface area contributed by atoms with Gasteiger partial charge in [0.1, 0.15) is 16.4 Å². The Bertz CT molecular complexity index is 627. The van der Waals surface area contributed by atoms with Crippen molar-refractivity contribution in [3.8, 4) is 0 Å². The maximum Gasteiger partial charge on any atom is 0.332 e. The molecular weight excluding hydrogens is 348 g/mol. The topological polar surface area (TPSA) is 113 Å². The third kappa shape index (κ3) is 3.47. The first kappa shape index (κ1) is 19.6. The average Bonchev–Trinajstić information content (AvgIpc) is 2.73. The number of carbonyl (C=O) groups excluding carboxylic acids is 3. The van der Waals surface area contributed by atoms with Gasteiger partial charge in [-0.05, 0) is 40.5 Å². The summed E-state index contributed by atoms with van der Waals surface area (Å²) in [7, 11) is 0. The number of hydrogen-bond donors (Lipinski definition) is 2. The van der Waals surface area contributed by atoms with Gasteiger partial charge in [-0.2, -0.15) is 0 Å². The molecule has 9 heteroatoms. The van der Waals surface area contributed by atoms with Crippen LogP contribution in [0.2, 0.25) is 0 Å². The zero-order valence-corrected chi connectivity index (χ0v) is 16.0. The van der Waals surface area contributed by atoms with E-state index in [2.05, 4.69) is 5.32 Å². The SMILES string of the molecule is CC1C(C(=O)O)SC2NC(=O)N(C(C)(C)C(=O)OC(C)(C)C)C(=O)C21. The molecule has 2 aliphatic heterocycles. The lowest BCUT2D eigenvalue weighted by atomic mass is 9.87. The monoisotopic (exact) mass is 372 g/mol. The number of carboxylic acid groups (broad SMARTS) is 1. The summed E-state index contributed by atoms with van der Waals surface area (Å²) in [5.41, 5.74) is -2.28. The molecule has 2 heterocycles. The molecular formula is C16H24N2O6S. The fourth-order valence-electron chi connectivity index (χ4n) is 3.05. The van der Waals surface area contributed by atoms with E-state index in [-0.39, 0.29) is 0 Å². The van der Waals surface area contributed by atoms with Crippen LogP contribution in [0.25, 0.3) is 0 Å². The number of fused-ring (bicyclic) bond motifs is 1. The highest BCUT2D eigenvalue weighted by atomic mass is 32.2. The highest BCUT2D eigenvalue weighted by Crippen LogP contribution is 2.45. The molecule has 4 atom stereocenters. The third-order valence-electron chi connectivity index (χ3n) is 4.34. The smallest absolute Gasteiger partial charge is 0.332 e. The maximum atomic E-state index is 13.0. The van der Waals surface area contributed by atoms with Crippen LogP contribution in [0.5, 0.6) is 0 Å². The van der Waals surface area contributed by atoms with Gasteiger partial charge in [0.2, 0.25) is 5.91 Å². The Balaban J connectivity index is 2.31. The van der Waals surface area contributed by atoms with Crippen molar-refractivity contribution in [3.05, 3.63) is 0 Å². The number of amides is 3. The fourth-order valence-corrected chi connectivity index (χ4v) is 4.60. The second-order valence-electron chi connectivity index (χ2n) is 7.88. The van der Waals surface area contributed by atoms with Gasteiger partial charge in [-0.15, -0.1) is 11.8 Å². The van der Waals surface area contributed by atoms with E-state index in [1.807, 2.05) is 0 Å². The van der Waals surface area contributed by atoms with Crippen molar-refractivity contribution in [2.45, 2.75) is 63.3 Å². The minimum absolute atomic E-state index is 0.475. The molecule has 2 saturated heterocycles. The summed E-state index contributed by atoms with van der Waals surface area (Å²) in [4.78, 5) is 50.2. The van der Waals surface area contributed by atoms with Crippen LogP contribution in [0.4, 0.5) is 4.79 Å². The number of urea groups is 1. The number of esters is 1. The van der Waals surface area contributed by atoms with E-state index in [9.17, 15) is 24.3 Å². The van der Waals surface area contributed by atoms with Gasteiger partial charge >= 0.3 is 18.0 Å². The first-order valence-corrected chi connectivity index (χ1v) is 8.98. The summed E-state index contributed by atoms with van der Waals surface area (Å²) in [6, 6.07) is -0.715. The van der Waals surface area contributed by atoms with Crippen molar-refractivity contribution in [1.29, 1.82) is 0 Å². The number of hydrogen-bond acceptors (Lipinski definition) is 6. The third-order valence-corrected chi connectivity index (χ3v) is 5.97. The van der Waals surface area contributed by atoms with E-state index in [0.29, 0.717) is 0 Å². The van der Waals surface area contributed by atoms with Gasteiger partial charge in [0, 0.05) is 0 Å². The number of thioether (sulfide) groups is 1. The second-order valence-corrected chi connectivity index (χ2v) is 9.17. The van der Waals surface area contributed by atoms with Crippen molar-refractivity contribution in [2.24, 2.45) is 11.8 Å². The number of carboxylic acids is 1. The minimum atomic E-state index is -1.51. The standard InChI is InChI=1S/C16H24N2O6S/c1-7-8-10(25-9(7)12(20)21)17-14(23)18(11(8)19)16(5,6)13(22)24-15(2,3)4/h7-10H,1-6H3,(H,17,23)(H,20,21). The molecule has 0 spiro atoms. The Hall–Kier alpha value is -1.77. The van der Waals surface area contributed by atoms with E-state index in [4.69, 9.17) is 4.74 Å².